The van der Waals surface area contributed by atoms with Crippen LogP contribution in [0.15, 0.2) is 36.7 Å². The maximum absolute atomic E-state index is 12.5. The number of anilines is 1. The number of piperidine rings is 1. The van der Waals surface area contributed by atoms with Gasteiger partial charge in [0.05, 0.1) is 34.4 Å². The van der Waals surface area contributed by atoms with Gasteiger partial charge in [0.25, 0.3) is 0 Å². The number of benzene rings is 1. The number of nitrogens with one attached hydrogen (secondary N) is 1. The fraction of sp³-hybridized carbons (Fsp3) is 0.375. The number of aromatic nitrogens is 4. The van der Waals surface area contributed by atoms with Gasteiger partial charge in [0.15, 0.2) is 0 Å². The highest BCUT2D eigenvalue weighted by Crippen LogP contribution is 2.32. The van der Waals surface area contributed by atoms with E-state index in [1.165, 1.54) is 0 Å². The molecule has 1 atom stereocenters. The zero-order valence-corrected chi connectivity index (χ0v) is 19.9. The van der Waals surface area contributed by atoms with E-state index >= 15 is 0 Å². The van der Waals surface area contributed by atoms with Crippen molar-refractivity contribution in [3.8, 4) is 23.3 Å². The van der Waals surface area contributed by atoms with Crippen LogP contribution in [-0.4, -0.2) is 49.5 Å². The van der Waals surface area contributed by atoms with E-state index in [1.807, 2.05) is 15.5 Å². The molecule has 10 heteroatoms. The lowest BCUT2D eigenvalue weighted by molar-refractivity contribution is -0.133. The van der Waals surface area contributed by atoms with Gasteiger partial charge >= 0.3 is 0 Å². The molecule has 3 aromatic rings. The van der Waals surface area contributed by atoms with Crippen LogP contribution in [0.1, 0.15) is 31.4 Å². The zero-order valence-electron chi connectivity index (χ0n) is 18.4. The first-order valence-corrected chi connectivity index (χ1v) is 12.1. The van der Waals surface area contributed by atoms with Crippen LogP contribution in [0.2, 0.25) is 10.0 Å². The quantitative estimate of drug-likeness (QED) is 0.539. The van der Waals surface area contributed by atoms with E-state index in [2.05, 4.69) is 21.4 Å². The fourth-order valence-corrected chi connectivity index (χ4v) is 4.59. The maximum Gasteiger partial charge on any atom is 0.225 e. The van der Waals surface area contributed by atoms with Gasteiger partial charge in [-0.1, -0.05) is 23.2 Å². The van der Waals surface area contributed by atoms with Crippen LogP contribution in [0.5, 0.6) is 0 Å². The van der Waals surface area contributed by atoms with Crippen molar-refractivity contribution >= 4 is 35.1 Å². The largest absolute Gasteiger partial charge is 0.350 e. The lowest BCUT2D eigenvalue weighted by Crippen LogP contribution is -2.45. The third-order valence-electron chi connectivity index (χ3n) is 6.14. The second-order valence-corrected chi connectivity index (χ2v) is 9.47. The Kier molecular flexibility index (Phi) is 6.40. The Bertz CT molecular complexity index is 1260. The van der Waals surface area contributed by atoms with Crippen molar-refractivity contribution in [3.63, 3.8) is 0 Å². The van der Waals surface area contributed by atoms with E-state index in [9.17, 15) is 10.1 Å². The normalized spacial score (nSPS) is 17.9. The number of rotatable bonds is 6. The fourth-order valence-electron chi connectivity index (χ4n) is 4.30. The van der Waals surface area contributed by atoms with Crippen molar-refractivity contribution in [2.24, 2.45) is 5.92 Å². The summed E-state index contributed by atoms with van der Waals surface area (Å²) in [5, 5.41) is 13.6. The first-order chi connectivity index (χ1) is 16.5. The Morgan fingerprint density at radius 2 is 2.03 bits per heavy atom. The van der Waals surface area contributed by atoms with Gasteiger partial charge < -0.3 is 10.2 Å². The van der Waals surface area contributed by atoms with Gasteiger partial charge in [-0.05, 0) is 49.9 Å². The number of likely N-dealkylation sites (tertiary alicyclic amines) is 1. The van der Waals surface area contributed by atoms with E-state index < -0.39 is 0 Å². The smallest absolute Gasteiger partial charge is 0.225 e. The molecule has 0 unspecified atom stereocenters. The number of amides is 1. The lowest BCUT2D eigenvalue weighted by Gasteiger charge is -2.33. The Hall–Kier alpha value is -3.15. The molecule has 3 heterocycles. The molecule has 5 rings (SSSR count). The molecule has 1 N–H and O–H groups in total. The monoisotopic (exact) mass is 495 g/mol. The number of hydrogen-bond donors (Lipinski definition) is 1. The number of nitriles is 1. The van der Waals surface area contributed by atoms with E-state index in [-0.39, 0.29) is 24.3 Å². The Balaban J connectivity index is 1.42. The van der Waals surface area contributed by atoms with Gasteiger partial charge in [-0.3, -0.25) is 9.36 Å². The second-order valence-electron chi connectivity index (χ2n) is 8.65. The molecule has 174 valence electrons. The van der Waals surface area contributed by atoms with Crippen LogP contribution in [0, 0.1) is 17.2 Å². The average Bonchev–Trinajstić information content (AvgIpc) is 3.61. The number of hydrogen-bond acceptors (Lipinski definition) is 6. The van der Waals surface area contributed by atoms with Gasteiger partial charge in [-0.25, -0.2) is 9.97 Å². The van der Waals surface area contributed by atoms with E-state index in [1.54, 1.807) is 30.6 Å². The molecule has 2 aromatic heterocycles. The summed E-state index contributed by atoms with van der Waals surface area (Å²) in [6.45, 7) is 1.47. The summed E-state index contributed by atoms with van der Waals surface area (Å²) in [5.74, 6) is 2.15. The summed E-state index contributed by atoms with van der Waals surface area (Å²) in [7, 11) is 0. The number of carbonyl (C=O) groups excluding carboxylic acids is 1. The number of halogens is 2. The van der Waals surface area contributed by atoms with Crippen molar-refractivity contribution in [2.75, 3.05) is 18.4 Å². The molecule has 1 aromatic carbocycles. The van der Waals surface area contributed by atoms with Crippen LogP contribution in [0.4, 0.5) is 5.95 Å². The molecule has 1 amide bonds. The molecule has 0 radical (unpaired) electrons. The Morgan fingerprint density at radius 1 is 1.18 bits per heavy atom. The van der Waals surface area contributed by atoms with Crippen molar-refractivity contribution in [2.45, 2.75) is 38.1 Å². The predicted octanol–water partition coefficient (Wildman–Crippen LogP) is 4.52. The van der Waals surface area contributed by atoms with Gasteiger partial charge in [-0.15, -0.1) is 0 Å². The van der Waals surface area contributed by atoms with Gasteiger partial charge in [0, 0.05) is 36.8 Å². The highest BCUT2D eigenvalue weighted by atomic mass is 35.5. The minimum absolute atomic E-state index is 0.0857. The molecule has 0 bridgehead atoms. The minimum Gasteiger partial charge on any atom is -0.350 e. The zero-order chi connectivity index (χ0) is 23.7. The third kappa shape index (κ3) is 4.72. The summed E-state index contributed by atoms with van der Waals surface area (Å²) in [5.41, 5.74) is 1.46. The molecule has 2 aliphatic rings. The van der Waals surface area contributed by atoms with E-state index in [0.29, 0.717) is 39.9 Å². The first kappa shape index (κ1) is 22.6. The first-order valence-electron chi connectivity index (χ1n) is 11.3. The summed E-state index contributed by atoms with van der Waals surface area (Å²) in [6, 6.07) is 9.34. The van der Waals surface area contributed by atoms with E-state index in [0.717, 1.165) is 37.8 Å². The van der Waals surface area contributed by atoms with Crippen molar-refractivity contribution < 1.29 is 4.79 Å². The maximum atomic E-state index is 12.5. The molecule has 1 aliphatic carbocycles. The molecular formula is C24H23Cl2N7O. The molecule has 0 spiro atoms. The molecule has 8 nitrogen and oxygen atoms in total. The van der Waals surface area contributed by atoms with Crippen molar-refractivity contribution in [1.82, 2.24) is 24.4 Å². The SMILES string of the molecule is N#CCc1cnc(-c2ccc(Cl)c(Cl)c2)n1-c1ccnc(N[C@H]2CCCN(C(=O)C3CC3)C2)n1. The number of carbonyl (C=O) groups is 1. The number of nitrogens with zero attached hydrogens (tertiary/aromatic N) is 6. The summed E-state index contributed by atoms with van der Waals surface area (Å²) in [4.78, 5) is 28.1. The highest BCUT2D eigenvalue weighted by molar-refractivity contribution is 6.42. The molecular weight excluding hydrogens is 473 g/mol. The van der Waals surface area contributed by atoms with Gasteiger partial charge in [0.2, 0.25) is 11.9 Å². The number of imidazole rings is 1. The van der Waals surface area contributed by atoms with Crippen molar-refractivity contribution in [3.05, 3.63) is 52.4 Å². The standard InChI is InChI=1S/C24H23Cl2N7O/c25-19-6-5-16(12-20(19)26)22-29-13-18(7-9-27)33(22)21-8-10-28-24(31-21)30-17-2-1-11-32(14-17)23(34)15-3-4-15/h5-6,8,10,12-13,15,17H,1-4,7,11,14H2,(H,28,30,31)/t17-/m0/s1. The topological polar surface area (TPSA) is 99.7 Å². The predicted molar refractivity (Wildman–Crippen MR) is 130 cm³/mol. The Labute approximate surface area is 207 Å². The van der Waals surface area contributed by atoms with Crippen LogP contribution >= 0.6 is 23.2 Å². The third-order valence-corrected chi connectivity index (χ3v) is 6.87. The summed E-state index contributed by atoms with van der Waals surface area (Å²) < 4.78 is 1.83. The highest BCUT2D eigenvalue weighted by Gasteiger charge is 2.35. The van der Waals surface area contributed by atoms with Crippen LogP contribution in [0.3, 0.4) is 0 Å². The molecule has 1 saturated heterocycles. The average molecular weight is 496 g/mol. The molecule has 1 saturated carbocycles. The second kappa shape index (κ2) is 9.61. The van der Waals surface area contributed by atoms with Crippen LogP contribution < -0.4 is 5.32 Å². The molecule has 1 aliphatic heterocycles. The lowest BCUT2D eigenvalue weighted by atomic mass is 10.1. The molecule has 34 heavy (non-hydrogen) atoms. The van der Waals surface area contributed by atoms with Crippen LogP contribution in [-0.2, 0) is 11.2 Å². The van der Waals surface area contributed by atoms with Crippen molar-refractivity contribution in [1.29, 1.82) is 5.26 Å². The molecule has 2 fully saturated rings. The van der Waals surface area contributed by atoms with E-state index in [4.69, 9.17) is 28.2 Å². The Morgan fingerprint density at radius 3 is 2.79 bits per heavy atom. The van der Waals surface area contributed by atoms with Crippen LogP contribution in [0.25, 0.3) is 17.2 Å². The summed E-state index contributed by atoms with van der Waals surface area (Å²) in [6.07, 6.45) is 7.42. The summed E-state index contributed by atoms with van der Waals surface area (Å²) >= 11 is 12.3. The van der Waals surface area contributed by atoms with Gasteiger partial charge in [-0.2, -0.15) is 10.2 Å². The van der Waals surface area contributed by atoms with Gasteiger partial charge in [0.1, 0.15) is 11.6 Å². The minimum atomic E-state index is 0.0857.